The van der Waals surface area contributed by atoms with Gasteiger partial charge in [-0.3, -0.25) is 4.90 Å². The molecule has 194 valence electrons. The first-order valence-electron chi connectivity index (χ1n) is 11.8. The lowest BCUT2D eigenvalue weighted by molar-refractivity contribution is -0.131. The van der Waals surface area contributed by atoms with Crippen LogP contribution in [0.25, 0.3) is 6.08 Å². The fourth-order valence-electron chi connectivity index (χ4n) is 4.54. The number of alkyl halides is 1. The summed E-state index contributed by atoms with van der Waals surface area (Å²) >= 11 is 0. The van der Waals surface area contributed by atoms with Crippen LogP contribution < -0.4 is 5.32 Å². The molecule has 1 aliphatic heterocycles. The molecule has 0 aliphatic carbocycles. The summed E-state index contributed by atoms with van der Waals surface area (Å²) in [5, 5.41) is 19.1. The highest BCUT2D eigenvalue weighted by atomic mass is 19.1. The number of benzene rings is 2. The number of halogens is 3. The molecule has 0 fully saturated rings. The van der Waals surface area contributed by atoms with Crippen LogP contribution in [0.4, 0.5) is 13.2 Å². The number of aliphatic carboxylic acids is 1. The fraction of sp³-hybridized carbons (Fsp3) is 0.310. The zero-order valence-corrected chi connectivity index (χ0v) is 21.2. The molecule has 1 heterocycles. The number of carboxylic acid groups (broad SMARTS) is 1. The first-order valence-corrected chi connectivity index (χ1v) is 11.8. The van der Waals surface area contributed by atoms with E-state index in [4.69, 9.17) is 10.5 Å². The van der Waals surface area contributed by atoms with Crippen molar-refractivity contribution in [3.05, 3.63) is 87.6 Å². The molecule has 1 unspecified atom stereocenters. The third-order valence-corrected chi connectivity index (χ3v) is 6.01. The Hall–Kier alpha value is -3.83. The molecule has 0 saturated carbocycles. The van der Waals surface area contributed by atoms with Gasteiger partial charge in [-0.25, -0.2) is 18.0 Å². The van der Waals surface area contributed by atoms with E-state index in [0.29, 0.717) is 23.1 Å². The van der Waals surface area contributed by atoms with Crippen molar-refractivity contribution in [1.82, 2.24) is 10.2 Å². The molecule has 0 saturated heterocycles. The predicted molar refractivity (Wildman–Crippen MR) is 139 cm³/mol. The number of nitrogens with zero attached hydrogens (tertiary/aromatic N) is 1. The minimum atomic E-state index is -1.62. The number of carboxylic acids is 1. The summed E-state index contributed by atoms with van der Waals surface area (Å²) in [5.74, 6) is 3.01. The molecule has 0 amide bonds. The average molecular weight is 510 g/mol. The highest BCUT2D eigenvalue weighted by Gasteiger charge is 2.39. The molecule has 5 nitrogen and oxygen atoms in total. The van der Waals surface area contributed by atoms with Gasteiger partial charge in [0, 0.05) is 49.3 Å². The largest absolute Gasteiger partial charge is 0.478 e. The molecule has 3 rings (SSSR count). The Labute approximate surface area is 215 Å². The molecular formula is C29H30F3N3O2. The Bertz CT molecular complexity index is 1290. The normalized spacial score (nSPS) is 18.2. The number of carbonyl (C=O) groups is 1. The van der Waals surface area contributed by atoms with Crippen molar-refractivity contribution in [3.8, 4) is 11.8 Å². The van der Waals surface area contributed by atoms with Crippen molar-refractivity contribution in [2.24, 2.45) is 0 Å². The minimum absolute atomic E-state index is 0.0448. The van der Waals surface area contributed by atoms with Crippen LogP contribution in [0.15, 0.2) is 48.2 Å². The molecule has 0 aromatic heterocycles. The van der Waals surface area contributed by atoms with Crippen molar-refractivity contribution in [3.63, 3.8) is 0 Å². The standard InChI is InChI=1S/C29H30F3N3O2/c1-18-11-22-12-19(5-6-21(15-33)16-34-4)7-9-23(22)28(35(18)17-29(2,3)32)27-24(30)13-20(14-25(27)31)8-10-26(36)37/h7-10,12-16,18,28,33-34H,11,17H2,1-4H3,(H,36,37)/b10-8+,21-16-,33-15?/t18-,28?/m1/s1. The monoisotopic (exact) mass is 509 g/mol. The van der Waals surface area contributed by atoms with E-state index >= 15 is 8.78 Å². The molecule has 2 aromatic carbocycles. The van der Waals surface area contributed by atoms with Gasteiger partial charge in [0.2, 0.25) is 0 Å². The molecule has 0 bridgehead atoms. The highest BCUT2D eigenvalue weighted by molar-refractivity contribution is 5.85. The average Bonchev–Trinajstić information content (AvgIpc) is 2.80. The molecule has 0 spiro atoms. The summed E-state index contributed by atoms with van der Waals surface area (Å²) in [6, 6.07) is 6.41. The number of nitrogens with one attached hydrogen (secondary N) is 2. The SMILES string of the molecule is CN/C=C(/C#Cc1ccc2c(c1)C[C@@H](C)N(CC(C)(C)F)C2c1c(F)cc(/C=C/C(=O)O)cc1F)C=N. The summed E-state index contributed by atoms with van der Waals surface area (Å²) in [5.41, 5.74) is 0.913. The van der Waals surface area contributed by atoms with Gasteiger partial charge < -0.3 is 15.8 Å². The van der Waals surface area contributed by atoms with Crippen LogP contribution in [0.2, 0.25) is 0 Å². The number of fused-ring (bicyclic) bond motifs is 1. The van der Waals surface area contributed by atoms with Crippen LogP contribution in [0.1, 0.15) is 54.6 Å². The lowest BCUT2D eigenvalue weighted by atomic mass is 9.83. The summed E-state index contributed by atoms with van der Waals surface area (Å²) in [6.45, 7) is 4.70. The second-order valence-corrected chi connectivity index (χ2v) is 9.61. The molecule has 3 N–H and O–H groups in total. The lowest BCUT2D eigenvalue weighted by Gasteiger charge is -2.44. The van der Waals surface area contributed by atoms with Gasteiger partial charge in [-0.1, -0.05) is 17.9 Å². The molecule has 2 atom stereocenters. The van der Waals surface area contributed by atoms with Crippen molar-refractivity contribution in [2.45, 2.75) is 44.9 Å². The third kappa shape index (κ3) is 6.89. The van der Waals surface area contributed by atoms with Gasteiger partial charge in [0.25, 0.3) is 0 Å². The topological polar surface area (TPSA) is 76.4 Å². The second kappa shape index (κ2) is 11.5. The van der Waals surface area contributed by atoms with Crippen molar-refractivity contribution in [1.29, 1.82) is 5.41 Å². The van der Waals surface area contributed by atoms with Gasteiger partial charge in [0.15, 0.2) is 0 Å². The van der Waals surface area contributed by atoms with Gasteiger partial charge in [0.05, 0.1) is 11.6 Å². The van der Waals surface area contributed by atoms with Gasteiger partial charge in [-0.2, -0.15) is 0 Å². The first-order chi connectivity index (χ1) is 17.4. The Kier molecular flexibility index (Phi) is 8.61. The number of allylic oxidation sites excluding steroid dienone is 1. The quantitative estimate of drug-likeness (QED) is 0.271. The summed E-state index contributed by atoms with van der Waals surface area (Å²) < 4.78 is 45.7. The van der Waals surface area contributed by atoms with E-state index in [0.717, 1.165) is 36.1 Å². The Morgan fingerprint density at radius 3 is 2.51 bits per heavy atom. The number of hydrogen-bond donors (Lipinski definition) is 3. The van der Waals surface area contributed by atoms with Crippen LogP contribution in [0, 0.1) is 28.9 Å². The van der Waals surface area contributed by atoms with Crippen LogP contribution in [-0.4, -0.2) is 47.5 Å². The second-order valence-electron chi connectivity index (χ2n) is 9.61. The Morgan fingerprint density at radius 2 is 1.95 bits per heavy atom. The van der Waals surface area contributed by atoms with E-state index in [2.05, 4.69) is 17.2 Å². The summed E-state index contributed by atoms with van der Waals surface area (Å²) in [7, 11) is 1.71. The van der Waals surface area contributed by atoms with Gasteiger partial charge in [0.1, 0.15) is 17.3 Å². The molecule has 1 aliphatic rings. The van der Waals surface area contributed by atoms with Crippen molar-refractivity contribution < 1.29 is 23.1 Å². The smallest absolute Gasteiger partial charge is 0.328 e. The van der Waals surface area contributed by atoms with E-state index in [1.165, 1.54) is 13.8 Å². The van der Waals surface area contributed by atoms with Crippen LogP contribution >= 0.6 is 0 Å². The van der Waals surface area contributed by atoms with E-state index < -0.39 is 29.3 Å². The maximum absolute atomic E-state index is 15.5. The van der Waals surface area contributed by atoms with Crippen LogP contribution in [0.3, 0.4) is 0 Å². The molecule has 37 heavy (non-hydrogen) atoms. The lowest BCUT2D eigenvalue weighted by Crippen LogP contribution is -2.48. The third-order valence-electron chi connectivity index (χ3n) is 6.01. The van der Waals surface area contributed by atoms with E-state index in [1.807, 2.05) is 13.0 Å². The maximum Gasteiger partial charge on any atom is 0.328 e. The zero-order chi connectivity index (χ0) is 27.3. The van der Waals surface area contributed by atoms with Crippen molar-refractivity contribution >= 4 is 18.3 Å². The summed E-state index contributed by atoms with van der Waals surface area (Å²) in [4.78, 5) is 12.6. The molecule has 2 aromatic rings. The first kappa shape index (κ1) is 27.8. The minimum Gasteiger partial charge on any atom is -0.478 e. The number of hydrogen-bond acceptors (Lipinski definition) is 4. The van der Waals surface area contributed by atoms with E-state index in [1.54, 1.807) is 30.3 Å². The predicted octanol–water partition coefficient (Wildman–Crippen LogP) is 5.25. The van der Waals surface area contributed by atoms with Crippen LogP contribution in [-0.2, 0) is 11.2 Å². The van der Waals surface area contributed by atoms with Gasteiger partial charge >= 0.3 is 5.97 Å². The molecule has 8 heteroatoms. The summed E-state index contributed by atoms with van der Waals surface area (Å²) in [6.07, 6.45) is 5.20. The van der Waals surface area contributed by atoms with Gasteiger partial charge in [-0.05, 0) is 74.2 Å². The zero-order valence-electron chi connectivity index (χ0n) is 21.2. The molecular weight excluding hydrogens is 479 g/mol. The Morgan fingerprint density at radius 1 is 1.27 bits per heavy atom. The number of rotatable bonds is 7. The Balaban J connectivity index is 2.15. The molecule has 0 radical (unpaired) electrons. The van der Waals surface area contributed by atoms with E-state index in [9.17, 15) is 9.18 Å². The van der Waals surface area contributed by atoms with Gasteiger partial charge in [-0.15, -0.1) is 0 Å². The van der Waals surface area contributed by atoms with Crippen molar-refractivity contribution in [2.75, 3.05) is 13.6 Å². The highest BCUT2D eigenvalue weighted by Crippen LogP contribution is 2.41. The van der Waals surface area contributed by atoms with E-state index in [-0.39, 0.29) is 23.7 Å². The maximum atomic E-state index is 15.5. The fourth-order valence-corrected chi connectivity index (χ4v) is 4.54. The van der Waals surface area contributed by atoms with Crippen LogP contribution in [0.5, 0.6) is 0 Å².